The molecule has 4 heteroatoms. The quantitative estimate of drug-likeness (QED) is 0.889. The number of hydrogen-bond acceptors (Lipinski definition) is 2. The van der Waals surface area contributed by atoms with Crippen LogP contribution in [0.25, 0.3) is 0 Å². The van der Waals surface area contributed by atoms with Crippen molar-refractivity contribution in [3.8, 4) is 0 Å². The first-order valence-electron chi connectivity index (χ1n) is 7.15. The van der Waals surface area contributed by atoms with Crippen LogP contribution in [-0.4, -0.2) is 24.0 Å². The standard InChI is InChI=1S/C16H23BrN2O/c1-16(2,3)19-15(20)10-18-14-7-5-11-8-13(17)6-4-12(11)9-14/h4,6,8,14,18H,5,7,9-10H2,1-3H3,(H,19,20). The SMILES string of the molecule is CC(C)(C)NC(=O)CNC1CCc2cc(Br)ccc2C1. The minimum Gasteiger partial charge on any atom is -0.350 e. The van der Waals surface area contributed by atoms with Crippen molar-refractivity contribution in [3.63, 3.8) is 0 Å². The lowest BCUT2D eigenvalue weighted by Gasteiger charge is -2.26. The summed E-state index contributed by atoms with van der Waals surface area (Å²) in [4.78, 5) is 11.8. The van der Waals surface area contributed by atoms with E-state index in [1.807, 2.05) is 20.8 Å². The Hall–Kier alpha value is -0.870. The van der Waals surface area contributed by atoms with Crippen LogP contribution < -0.4 is 10.6 Å². The van der Waals surface area contributed by atoms with Gasteiger partial charge >= 0.3 is 0 Å². The normalized spacial score (nSPS) is 18.5. The number of carbonyl (C=O) groups excluding carboxylic acids is 1. The first-order chi connectivity index (χ1) is 9.33. The highest BCUT2D eigenvalue weighted by molar-refractivity contribution is 9.10. The molecule has 110 valence electrons. The second-order valence-corrected chi connectivity index (χ2v) is 7.45. The Labute approximate surface area is 129 Å². The molecule has 0 bridgehead atoms. The molecule has 2 N–H and O–H groups in total. The lowest BCUT2D eigenvalue weighted by atomic mass is 9.88. The first kappa shape index (κ1) is 15.5. The lowest BCUT2D eigenvalue weighted by molar-refractivity contribution is -0.121. The number of rotatable bonds is 3. The summed E-state index contributed by atoms with van der Waals surface area (Å²) in [6, 6.07) is 6.88. The summed E-state index contributed by atoms with van der Waals surface area (Å²) in [6.07, 6.45) is 3.17. The summed E-state index contributed by atoms with van der Waals surface area (Å²) in [5.74, 6) is 0.0686. The molecule has 0 heterocycles. The van der Waals surface area contributed by atoms with E-state index in [0.29, 0.717) is 12.6 Å². The van der Waals surface area contributed by atoms with E-state index < -0.39 is 0 Å². The summed E-state index contributed by atoms with van der Waals surface area (Å²) < 4.78 is 1.15. The number of aryl methyl sites for hydroxylation is 1. The molecule has 1 aliphatic carbocycles. The fraction of sp³-hybridized carbons (Fsp3) is 0.562. The zero-order valence-corrected chi connectivity index (χ0v) is 14.0. The molecule has 0 radical (unpaired) electrons. The van der Waals surface area contributed by atoms with Gasteiger partial charge in [0.2, 0.25) is 5.91 Å². The maximum atomic E-state index is 11.8. The van der Waals surface area contributed by atoms with Gasteiger partial charge < -0.3 is 10.6 Å². The second-order valence-electron chi connectivity index (χ2n) is 6.53. The van der Waals surface area contributed by atoms with Crippen molar-refractivity contribution in [2.45, 2.75) is 51.6 Å². The van der Waals surface area contributed by atoms with E-state index in [1.165, 1.54) is 11.1 Å². The molecule has 1 aliphatic rings. The second kappa shape index (κ2) is 6.27. The van der Waals surface area contributed by atoms with Crippen molar-refractivity contribution < 1.29 is 4.79 Å². The molecule has 2 rings (SSSR count). The molecule has 1 atom stereocenters. The van der Waals surface area contributed by atoms with Crippen LogP contribution in [0.1, 0.15) is 38.3 Å². The van der Waals surface area contributed by atoms with E-state index in [4.69, 9.17) is 0 Å². The van der Waals surface area contributed by atoms with Crippen LogP contribution in [0.4, 0.5) is 0 Å². The zero-order valence-electron chi connectivity index (χ0n) is 12.4. The minimum atomic E-state index is -0.162. The van der Waals surface area contributed by atoms with Crippen LogP contribution in [0.15, 0.2) is 22.7 Å². The minimum absolute atomic E-state index is 0.0686. The fourth-order valence-corrected chi connectivity index (χ4v) is 3.01. The van der Waals surface area contributed by atoms with Crippen LogP contribution in [0.5, 0.6) is 0 Å². The van der Waals surface area contributed by atoms with Crippen molar-refractivity contribution in [1.29, 1.82) is 0 Å². The van der Waals surface area contributed by atoms with Gasteiger partial charge in [-0.25, -0.2) is 0 Å². The zero-order chi connectivity index (χ0) is 14.8. The highest BCUT2D eigenvalue weighted by Gasteiger charge is 2.20. The molecule has 0 fully saturated rings. The molecule has 0 saturated carbocycles. The third kappa shape index (κ3) is 4.60. The van der Waals surface area contributed by atoms with E-state index in [0.717, 1.165) is 23.7 Å². The highest BCUT2D eigenvalue weighted by Crippen LogP contribution is 2.24. The predicted molar refractivity (Wildman–Crippen MR) is 85.9 cm³/mol. The molecule has 0 spiro atoms. The summed E-state index contributed by atoms with van der Waals surface area (Å²) in [5.41, 5.74) is 2.66. The van der Waals surface area contributed by atoms with E-state index in [-0.39, 0.29) is 11.4 Å². The van der Waals surface area contributed by atoms with Crippen molar-refractivity contribution in [2.24, 2.45) is 0 Å². The summed E-state index contributed by atoms with van der Waals surface area (Å²) in [6.45, 7) is 6.40. The molecule has 1 aromatic carbocycles. The van der Waals surface area contributed by atoms with Gasteiger partial charge in [0.25, 0.3) is 0 Å². The van der Waals surface area contributed by atoms with Crippen LogP contribution in [0.2, 0.25) is 0 Å². The average Bonchev–Trinajstić information content (AvgIpc) is 2.34. The molecule has 0 saturated heterocycles. The van der Waals surface area contributed by atoms with E-state index >= 15 is 0 Å². The number of halogens is 1. The van der Waals surface area contributed by atoms with Crippen LogP contribution in [0.3, 0.4) is 0 Å². The van der Waals surface area contributed by atoms with Gasteiger partial charge in [-0.15, -0.1) is 0 Å². The molecular formula is C16H23BrN2O. The number of nitrogens with one attached hydrogen (secondary N) is 2. The third-order valence-corrected chi connectivity index (χ3v) is 3.96. The Morgan fingerprint density at radius 2 is 2.10 bits per heavy atom. The van der Waals surface area contributed by atoms with E-state index in [9.17, 15) is 4.79 Å². The van der Waals surface area contributed by atoms with Gasteiger partial charge in [-0.1, -0.05) is 22.0 Å². The molecule has 0 aromatic heterocycles. The summed E-state index contributed by atoms with van der Waals surface area (Å²) >= 11 is 3.51. The Kier molecular flexibility index (Phi) is 4.86. The largest absolute Gasteiger partial charge is 0.350 e. The van der Waals surface area contributed by atoms with Gasteiger partial charge in [-0.05, 0) is 63.3 Å². The lowest BCUT2D eigenvalue weighted by Crippen LogP contribution is -2.47. The van der Waals surface area contributed by atoms with Crippen molar-refractivity contribution in [2.75, 3.05) is 6.54 Å². The highest BCUT2D eigenvalue weighted by atomic mass is 79.9. The van der Waals surface area contributed by atoms with Crippen LogP contribution in [0, 0.1) is 0 Å². The first-order valence-corrected chi connectivity index (χ1v) is 7.94. The Morgan fingerprint density at radius 3 is 2.80 bits per heavy atom. The number of benzene rings is 1. The van der Waals surface area contributed by atoms with E-state index in [1.54, 1.807) is 0 Å². The number of amides is 1. The molecule has 0 aliphatic heterocycles. The van der Waals surface area contributed by atoms with Crippen molar-refractivity contribution in [1.82, 2.24) is 10.6 Å². The summed E-state index contributed by atoms with van der Waals surface area (Å²) in [7, 11) is 0. The van der Waals surface area contributed by atoms with Crippen molar-refractivity contribution in [3.05, 3.63) is 33.8 Å². The summed E-state index contributed by atoms with van der Waals surface area (Å²) in [5, 5.41) is 6.35. The topological polar surface area (TPSA) is 41.1 Å². The fourth-order valence-electron chi connectivity index (χ4n) is 2.60. The van der Waals surface area contributed by atoms with Gasteiger partial charge in [0.1, 0.15) is 0 Å². The third-order valence-electron chi connectivity index (χ3n) is 3.46. The van der Waals surface area contributed by atoms with Gasteiger partial charge in [0, 0.05) is 16.1 Å². The number of carbonyl (C=O) groups is 1. The van der Waals surface area contributed by atoms with Gasteiger partial charge in [0.15, 0.2) is 0 Å². The molecule has 3 nitrogen and oxygen atoms in total. The van der Waals surface area contributed by atoms with Gasteiger partial charge in [0.05, 0.1) is 6.54 Å². The smallest absolute Gasteiger partial charge is 0.234 e. The van der Waals surface area contributed by atoms with Gasteiger partial charge in [-0.2, -0.15) is 0 Å². The Balaban J connectivity index is 1.85. The monoisotopic (exact) mass is 338 g/mol. The molecule has 20 heavy (non-hydrogen) atoms. The molecular weight excluding hydrogens is 316 g/mol. The Bertz CT molecular complexity index is 494. The van der Waals surface area contributed by atoms with E-state index in [2.05, 4.69) is 44.8 Å². The predicted octanol–water partition coefficient (Wildman–Crippen LogP) is 2.81. The average molecular weight is 339 g/mol. The van der Waals surface area contributed by atoms with Crippen LogP contribution >= 0.6 is 15.9 Å². The number of fused-ring (bicyclic) bond motifs is 1. The molecule has 1 unspecified atom stereocenters. The molecule has 1 amide bonds. The van der Waals surface area contributed by atoms with Crippen molar-refractivity contribution >= 4 is 21.8 Å². The Morgan fingerprint density at radius 1 is 1.35 bits per heavy atom. The maximum Gasteiger partial charge on any atom is 0.234 e. The number of hydrogen-bond donors (Lipinski definition) is 2. The van der Waals surface area contributed by atoms with Gasteiger partial charge in [-0.3, -0.25) is 4.79 Å². The van der Waals surface area contributed by atoms with Crippen LogP contribution in [-0.2, 0) is 17.6 Å². The maximum absolute atomic E-state index is 11.8. The molecule has 1 aromatic rings.